The van der Waals surface area contributed by atoms with Crippen LogP contribution in [-0.4, -0.2) is 42.1 Å². The van der Waals surface area contributed by atoms with Crippen molar-refractivity contribution < 1.29 is 4.79 Å². The smallest absolute Gasteiger partial charge is 0.254 e. The first-order valence-corrected chi connectivity index (χ1v) is 10.2. The summed E-state index contributed by atoms with van der Waals surface area (Å²) >= 11 is 18.3. The van der Waals surface area contributed by atoms with Gasteiger partial charge in [-0.05, 0) is 43.9 Å². The van der Waals surface area contributed by atoms with Gasteiger partial charge in [-0.15, -0.1) is 0 Å². The molecule has 150 valence electrons. The summed E-state index contributed by atoms with van der Waals surface area (Å²) in [7, 11) is 0. The average molecular weight is 452 g/mol. The van der Waals surface area contributed by atoms with Gasteiger partial charge in [0.15, 0.2) is 5.82 Å². The van der Waals surface area contributed by atoms with Gasteiger partial charge in [0.1, 0.15) is 6.33 Å². The van der Waals surface area contributed by atoms with E-state index in [-0.39, 0.29) is 27.0 Å². The molecule has 0 spiro atoms. The van der Waals surface area contributed by atoms with Crippen molar-refractivity contribution in [2.75, 3.05) is 6.54 Å². The van der Waals surface area contributed by atoms with Crippen LogP contribution in [0.25, 0.3) is 5.95 Å². The van der Waals surface area contributed by atoms with Gasteiger partial charge in [-0.1, -0.05) is 34.8 Å². The van der Waals surface area contributed by atoms with E-state index < -0.39 is 0 Å². The van der Waals surface area contributed by atoms with Crippen molar-refractivity contribution in [3.63, 3.8) is 0 Å². The molecule has 1 aromatic carbocycles. The molecule has 1 unspecified atom stereocenters. The number of carbonyl (C=O) groups is 1. The predicted octanol–water partition coefficient (Wildman–Crippen LogP) is 4.63. The Labute approximate surface area is 182 Å². The van der Waals surface area contributed by atoms with E-state index in [0.29, 0.717) is 29.8 Å². The highest BCUT2D eigenvalue weighted by atomic mass is 35.5. The number of benzene rings is 1. The van der Waals surface area contributed by atoms with E-state index in [4.69, 9.17) is 34.8 Å². The Morgan fingerprint density at radius 3 is 2.45 bits per heavy atom. The fraction of sp³-hybridized carbons (Fsp3) is 0.316. The van der Waals surface area contributed by atoms with Crippen LogP contribution < -0.4 is 0 Å². The van der Waals surface area contributed by atoms with E-state index in [1.54, 1.807) is 28.0 Å². The quantitative estimate of drug-likeness (QED) is 0.511. The number of rotatable bonds is 6. The number of hydrogen-bond donors (Lipinski definition) is 0. The van der Waals surface area contributed by atoms with Gasteiger partial charge in [0, 0.05) is 24.5 Å². The minimum Gasteiger partial charge on any atom is -0.328 e. The van der Waals surface area contributed by atoms with Crippen molar-refractivity contribution in [3.8, 4) is 5.95 Å². The first-order chi connectivity index (χ1) is 14.0. The lowest BCUT2D eigenvalue weighted by Gasteiger charge is -2.29. The molecule has 29 heavy (non-hydrogen) atoms. The van der Waals surface area contributed by atoms with Crippen molar-refractivity contribution in [1.29, 1.82) is 0 Å². The second kappa shape index (κ2) is 8.26. The zero-order valence-electron chi connectivity index (χ0n) is 15.5. The maximum absolute atomic E-state index is 13.4. The van der Waals surface area contributed by atoms with E-state index >= 15 is 0 Å². The molecular weight excluding hydrogens is 435 g/mol. The number of halogens is 3. The van der Waals surface area contributed by atoms with Gasteiger partial charge < -0.3 is 4.90 Å². The highest BCUT2D eigenvalue weighted by molar-refractivity contribution is 6.48. The number of carbonyl (C=O) groups excluding carboxylic acids is 1. The highest BCUT2D eigenvalue weighted by Gasteiger charge is 2.33. The Morgan fingerprint density at radius 2 is 1.83 bits per heavy atom. The van der Waals surface area contributed by atoms with Crippen LogP contribution in [0.1, 0.15) is 42.0 Å². The molecule has 0 radical (unpaired) electrons. The van der Waals surface area contributed by atoms with Crippen molar-refractivity contribution in [2.24, 2.45) is 5.92 Å². The van der Waals surface area contributed by atoms with Crippen LogP contribution in [0.3, 0.4) is 0 Å². The molecular formula is C19H17Cl3N6O. The lowest BCUT2D eigenvalue weighted by atomic mass is 10.1. The fourth-order valence-corrected chi connectivity index (χ4v) is 3.67. The lowest BCUT2D eigenvalue weighted by molar-refractivity contribution is 0.0670. The number of nitrogens with zero attached hydrogens (tertiary/aromatic N) is 6. The lowest BCUT2D eigenvalue weighted by Crippen LogP contribution is -2.36. The molecule has 1 aliphatic carbocycles. The van der Waals surface area contributed by atoms with Gasteiger partial charge in [0.05, 0.1) is 21.1 Å². The Morgan fingerprint density at radius 1 is 1.17 bits per heavy atom. The summed E-state index contributed by atoms with van der Waals surface area (Å²) in [4.78, 5) is 28.0. The summed E-state index contributed by atoms with van der Waals surface area (Å²) < 4.78 is 1.54. The first-order valence-electron chi connectivity index (χ1n) is 9.08. The topological polar surface area (TPSA) is 76.8 Å². The third kappa shape index (κ3) is 4.22. The Balaban J connectivity index is 1.69. The molecule has 1 aliphatic rings. The molecule has 0 bridgehead atoms. The Bertz CT molecular complexity index is 1010. The molecule has 2 aromatic heterocycles. The maximum atomic E-state index is 13.4. The third-order valence-corrected chi connectivity index (χ3v) is 6.00. The van der Waals surface area contributed by atoms with Crippen molar-refractivity contribution in [1.82, 2.24) is 29.6 Å². The number of hydrogen-bond acceptors (Lipinski definition) is 5. The molecule has 1 amide bonds. The molecule has 1 fully saturated rings. The highest BCUT2D eigenvalue weighted by Crippen LogP contribution is 2.35. The SMILES string of the molecule is CC(c1ncnn1-c1ncccn1)N(CC1CC1)C(=O)c1cc(Cl)c(Cl)c(Cl)c1. The number of aromatic nitrogens is 5. The van der Waals surface area contributed by atoms with Crippen LogP contribution in [-0.2, 0) is 0 Å². The van der Waals surface area contributed by atoms with Gasteiger partial charge in [-0.3, -0.25) is 4.79 Å². The van der Waals surface area contributed by atoms with Crippen LogP contribution in [0.5, 0.6) is 0 Å². The molecule has 3 aromatic rings. The molecule has 4 rings (SSSR count). The summed E-state index contributed by atoms with van der Waals surface area (Å²) in [5, 5.41) is 4.95. The van der Waals surface area contributed by atoms with E-state index in [0.717, 1.165) is 12.8 Å². The first kappa shape index (κ1) is 20.1. The maximum Gasteiger partial charge on any atom is 0.254 e. The van der Waals surface area contributed by atoms with Gasteiger partial charge in [-0.25, -0.2) is 15.0 Å². The summed E-state index contributed by atoms with van der Waals surface area (Å²) in [5.74, 6) is 1.22. The van der Waals surface area contributed by atoms with Crippen LogP contribution in [0, 0.1) is 5.92 Å². The summed E-state index contributed by atoms with van der Waals surface area (Å²) in [6, 6.07) is 4.43. The average Bonchev–Trinajstić information content (AvgIpc) is 3.42. The van der Waals surface area contributed by atoms with Crippen molar-refractivity contribution in [2.45, 2.75) is 25.8 Å². The van der Waals surface area contributed by atoms with Crippen LogP contribution in [0.4, 0.5) is 0 Å². The normalized spacial score (nSPS) is 14.6. The van der Waals surface area contributed by atoms with E-state index in [2.05, 4.69) is 20.1 Å². The van der Waals surface area contributed by atoms with E-state index in [1.807, 2.05) is 6.92 Å². The minimum absolute atomic E-state index is 0.201. The minimum atomic E-state index is -0.373. The van der Waals surface area contributed by atoms with Crippen LogP contribution in [0.2, 0.25) is 15.1 Å². The third-order valence-electron chi connectivity index (χ3n) is 4.80. The fourth-order valence-electron chi connectivity index (χ4n) is 3.07. The molecule has 1 atom stereocenters. The van der Waals surface area contributed by atoms with Gasteiger partial charge in [0.2, 0.25) is 0 Å². The molecule has 0 N–H and O–H groups in total. The molecule has 0 saturated heterocycles. The summed E-state index contributed by atoms with van der Waals surface area (Å²) in [6.07, 6.45) is 6.87. The molecule has 7 nitrogen and oxygen atoms in total. The zero-order valence-corrected chi connectivity index (χ0v) is 17.7. The summed E-state index contributed by atoms with van der Waals surface area (Å²) in [5.41, 5.74) is 0.374. The second-order valence-electron chi connectivity index (χ2n) is 6.91. The molecule has 0 aliphatic heterocycles. The van der Waals surface area contributed by atoms with Crippen molar-refractivity contribution >= 4 is 40.7 Å². The largest absolute Gasteiger partial charge is 0.328 e. The molecule has 10 heteroatoms. The molecule has 2 heterocycles. The van der Waals surface area contributed by atoms with Crippen LogP contribution >= 0.6 is 34.8 Å². The number of amides is 1. The Hall–Kier alpha value is -2.22. The zero-order chi connectivity index (χ0) is 20.5. The van der Waals surface area contributed by atoms with Crippen LogP contribution in [0.15, 0.2) is 36.9 Å². The Kier molecular flexibility index (Phi) is 5.72. The van der Waals surface area contributed by atoms with Gasteiger partial charge in [0.25, 0.3) is 11.9 Å². The molecule has 1 saturated carbocycles. The van der Waals surface area contributed by atoms with E-state index in [9.17, 15) is 4.79 Å². The summed E-state index contributed by atoms with van der Waals surface area (Å²) in [6.45, 7) is 2.50. The van der Waals surface area contributed by atoms with Crippen molar-refractivity contribution in [3.05, 3.63) is 63.4 Å². The van der Waals surface area contributed by atoms with E-state index in [1.165, 1.54) is 18.5 Å². The van der Waals surface area contributed by atoms with Gasteiger partial charge in [-0.2, -0.15) is 9.78 Å². The van der Waals surface area contributed by atoms with Gasteiger partial charge >= 0.3 is 0 Å². The second-order valence-corrected chi connectivity index (χ2v) is 8.10. The standard InChI is InChI=1S/C19H17Cl3N6O/c1-11(17-25-10-26-28(17)19-23-5-2-6-24-19)27(9-12-3-4-12)18(29)13-7-14(20)16(22)15(21)8-13/h2,5-8,10-12H,3-4,9H2,1H3. The predicted molar refractivity (Wildman–Crippen MR) is 111 cm³/mol. The monoisotopic (exact) mass is 450 g/mol.